The van der Waals surface area contributed by atoms with Crippen LogP contribution in [0.15, 0.2) is 0 Å². The van der Waals surface area contributed by atoms with Crippen LogP contribution in [-0.4, -0.2) is 43.2 Å². The largest absolute Gasteiger partial charge is 0.378 e. The quantitative estimate of drug-likeness (QED) is 0.820. The van der Waals surface area contributed by atoms with Crippen LogP contribution in [0.25, 0.3) is 0 Å². The third-order valence-corrected chi connectivity index (χ3v) is 5.46. The van der Waals surface area contributed by atoms with Gasteiger partial charge < -0.3 is 15.4 Å². The molecule has 1 heterocycles. The van der Waals surface area contributed by atoms with Crippen molar-refractivity contribution in [2.45, 2.75) is 77.2 Å². The molecule has 22 heavy (non-hydrogen) atoms. The van der Waals surface area contributed by atoms with E-state index in [2.05, 4.69) is 11.8 Å². The molecule has 1 saturated carbocycles. The van der Waals surface area contributed by atoms with Gasteiger partial charge in [-0.2, -0.15) is 0 Å². The fourth-order valence-corrected chi connectivity index (χ4v) is 3.95. The van der Waals surface area contributed by atoms with E-state index in [9.17, 15) is 4.79 Å². The van der Waals surface area contributed by atoms with Gasteiger partial charge in [0.2, 0.25) is 5.91 Å². The molecule has 2 aliphatic rings. The Balaban J connectivity index is 1.84. The Bertz CT molecular complexity index is 340. The minimum Gasteiger partial charge on any atom is -0.378 e. The Morgan fingerprint density at radius 3 is 2.64 bits per heavy atom. The van der Waals surface area contributed by atoms with Crippen LogP contribution in [-0.2, 0) is 9.53 Å². The molecule has 4 nitrogen and oxygen atoms in total. The zero-order chi connectivity index (χ0) is 15.8. The van der Waals surface area contributed by atoms with Gasteiger partial charge >= 0.3 is 0 Å². The zero-order valence-electron chi connectivity index (χ0n) is 14.3. The summed E-state index contributed by atoms with van der Waals surface area (Å²) in [5, 5.41) is 0. The first-order chi connectivity index (χ1) is 10.7. The van der Waals surface area contributed by atoms with Crippen molar-refractivity contribution in [2.24, 2.45) is 11.1 Å². The highest BCUT2D eigenvalue weighted by Gasteiger charge is 2.34. The first kappa shape index (κ1) is 17.7. The molecule has 2 fully saturated rings. The van der Waals surface area contributed by atoms with E-state index in [0.29, 0.717) is 25.0 Å². The molecule has 0 aromatic rings. The van der Waals surface area contributed by atoms with Gasteiger partial charge in [0.25, 0.3) is 0 Å². The molecule has 2 N–H and O–H groups in total. The standard InChI is InChI=1S/C18H34N2O2/c1-2-13-22-16-7-6-11-20(12-8-16)17(21)14-18(15-19)9-4-3-5-10-18/h16H,2-15,19H2,1H3. The van der Waals surface area contributed by atoms with Crippen molar-refractivity contribution >= 4 is 5.91 Å². The first-order valence-corrected chi connectivity index (χ1v) is 9.28. The molecule has 4 heteroatoms. The summed E-state index contributed by atoms with van der Waals surface area (Å²) in [5.41, 5.74) is 6.12. The number of ether oxygens (including phenoxy) is 1. The molecule has 1 unspecified atom stereocenters. The molecular formula is C18H34N2O2. The van der Waals surface area contributed by atoms with Crippen LogP contribution in [0, 0.1) is 5.41 Å². The number of hydrogen-bond acceptors (Lipinski definition) is 3. The average molecular weight is 310 g/mol. The van der Waals surface area contributed by atoms with Crippen molar-refractivity contribution in [3.05, 3.63) is 0 Å². The Labute approximate surface area is 135 Å². The van der Waals surface area contributed by atoms with Gasteiger partial charge in [0, 0.05) is 26.1 Å². The second-order valence-electron chi connectivity index (χ2n) is 7.25. The molecule has 0 bridgehead atoms. The monoisotopic (exact) mass is 310 g/mol. The van der Waals surface area contributed by atoms with Crippen molar-refractivity contribution in [3.8, 4) is 0 Å². The maximum absolute atomic E-state index is 12.7. The lowest BCUT2D eigenvalue weighted by Crippen LogP contribution is -2.41. The summed E-state index contributed by atoms with van der Waals surface area (Å²) < 4.78 is 5.87. The van der Waals surface area contributed by atoms with Crippen LogP contribution < -0.4 is 5.73 Å². The minimum atomic E-state index is 0.0831. The first-order valence-electron chi connectivity index (χ1n) is 9.28. The van der Waals surface area contributed by atoms with Gasteiger partial charge in [0.05, 0.1) is 6.10 Å². The minimum absolute atomic E-state index is 0.0831. The molecule has 1 aliphatic carbocycles. The second-order valence-corrected chi connectivity index (χ2v) is 7.25. The summed E-state index contributed by atoms with van der Waals surface area (Å²) in [6.07, 6.45) is 11.2. The van der Waals surface area contributed by atoms with Crippen LogP contribution in [0.5, 0.6) is 0 Å². The summed E-state index contributed by atoms with van der Waals surface area (Å²) >= 11 is 0. The molecule has 0 spiro atoms. The number of likely N-dealkylation sites (tertiary alicyclic amines) is 1. The Kier molecular flexibility index (Phi) is 7.16. The maximum atomic E-state index is 12.7. The van der Waals surface area contributed by atoms with Crippen LogP contribution in [0.4, 0.5) is 0 Å². The third kappa shape index (κ3) is 4.95. The second kappa shape index (κ2) is 8.88. The third-order valence-electron chi connectivity index (χ3n) is 5.46. The summed E-state index contributed by atoms with van der Waals surface area (Å²) in [6.45, 7) is 5.39. The molecule has 2 rings (SSSR count). The van der Waals surface area contributed by atoms with E-state index in [4.69, 9.17) is 10.5 Å². The van der Waals surface area contributed by atoms with Gasteiger partial charge in [0.1, 0.15) is 0 Å². The molecular weight excluding hydrogens is 276 g/mol. The lowest BCUT2D eigenvalue weighted by molar-refractivity contribution is -0.134. The molecule has 128 valence electrons. The predicted octanol–water partition coefficient (Wildman–Crippen LogP) is 3.09. The summed E-state index contributed by atoms with van der Waals surface area (Å²) in [4.78, 5) is 14.8. The molecule has 1 atom stereocenters. The molecule has 0 aromatic heterocycles. The average Bonchev–Trinajstić information content (AvgIpc) is 2.79. The van der Waals surface area contributed by atoms with Gasteiger partial charge in [-0.05, 0) is 50.5 Å². The van der Waals surface area contributed by atoms with E-state index in [1.807, 2.05) is 0 Å². The summed E-state index contributed by atoms with van der Waals surface area (Å²) in [6, 6.07) is 0. The fraction of sp³-hybridized carbons (Fsp3) is 0.944. The maximum Gasteiger partial charge on any atom is 0.223 e. The lowest BCUT2D eigenvalue weighted by Gasteiger charge is -2.37. The van der Waals surface area contributed by atoms with E-state index in [-0.39, 0.29) is 5.41 Å². The van der Waals surface area contributed by atoms with Crippen molar-refractivity contribution in [1.29, 1.82) is 0 Å². The Morgan fingerprint density at radius 1 is 1.18 bits per heavy atom. The van der Waals surface area contributed by atoms with Gasteiger partial charge in [-0.25, -0.2) is 0 Å². The SMILES string of the molecule is CCCOC1CCCN(C(=O)CC2(CN)CCCCC2)CC1. The van der Waals surface area contributed by atoms with Gasteiger partial charge in [-0.15, -0.1) is 0 Å². The molecule has 0 aromatic carbocycles. The van der Waals surface area contributed by atoms with Crippen LogP contribution in [0.2, 0.25) is 0 Å². The highest BCUT2D eigenvalue weighted by atomic mass is 16.5. The van der Waals surface area contributed by atoms with Crippen LogP contribution in [0.3, 0.4) is 0 Å². The Hall–Kier alpha value is -0.610. The highest BCUT2D eigenvalue weighted by Crippen LogP contribution is 2.39. The van der Waals surface area contributed by atoms with Crippen molar-refractivity contribution in [2.75, 3.05) is 26.2 Å². The van der Waals surface area contributed by atoms with Crippen molar-refractivity contribution in [1.82, 2.24) is 4.90 Å². The number of nitrogens with zero attached hydrogens (tertiary/aromatic N) is 1. The number of hydrogen-bond donors (Lipinski definition) is 1. The topological polar surface area (TPSA) is 55.6 Å². The van der Waals surface area contributed by atoms with Gasteiger partial charge in [-0.3, -0.25) is 4.79 Å². The lowest BCUT2D eigenvalue weighted by atomic mass is 9.71. The van der Waals surface area contributed by atoms with Crippen LogP contribution >= 0.6 is 0 Å². The smallest absolute Gasteiger partial charge is 0.223 e. The fourth-order valence-electron chi connectivity index (χ4n) is 3.95. The van der Waals surface area contributed by atoms with E-state index >= 15 is 0 Å². The van der Waals surface area contributed by atoms with Crippen molar-refractivity contribution in [3.63, 3.8) is 0 Å². The zero-order valence-corrected chi connectivity index (χ0v) is 14.3. The van der Waals surface area contributed by atoms with E-state index in [1.54, 1.807) is 0 Å². The predicted molar refractivity (Wildman–Crippen MR) is 89.7 cm³/mol. The molecule has 1 amide bonds. The summed E-state index contributed by atoms with van der Waals surface area (Å²) in [7, 11) is 0. The normalized spacial score (nSPS) is 25.7. The van der Waals surface area contributed by atoms with Gasteiger partial charge in [-0.1, -0.05) is 26.2 Å². The molecule has 1 saturated heterocycles. The van der Waals surface area contributed by atoms with E-state index < -0.39 is 0 Å². The number of nitrogens with two attached hydrogens (primary N) is 1. The van der Waals surface area contributed by atoms with E-state index in [1.165, 1.54) is 19.3 Å². The number of carbonyl (C=O) groups is 1. The number of carbonyl (C=O) groups excluding carboxylic acids is 1. The Morgan fingerprint density at radius 2 is 1.95 bits per heavy atom. The summed E-state index contributed by atoms with van der Waals surface area (Å²) in [5.74, 6) is 0.323. The van der Waals surface area contributed by atoms with Gasteiger partial charge in [0.15, 0.2) is 0 Å². The van der Waals surface area contributed by atoms with E-state index in [0.717, 1.165) is 58.2 Å². The number of amides is 1. The highest BCUT2D eigenvalue weighted by molar-refractivity contribution is 5.77. The molecule has 0 radical (unpaired) electrons. The molecule has 1 aliphatic heterocycles. The van der Waals surface area contributed by atoms with Crippen molar-refractivity contribution < 1.29 is 9.53 Å². The van der Waals surface area contributed by atoms with Crippen LogP contribution in [0.1, 0.15) is 71.1 Å². The number of rotatable bonds is 6.